The van der Waals surface area contributed by atoms with Gasteiger partial charge in [0.05, 0.1) is 0 Å². The Labute approximate surface area is 134 Å². The van der Waals surface area contributed by atoms with Gasteiger partial charge in [-0.15, -0.1) is 0 Å². The fourth-order valence-corrected chi connectivity index (χ4v) is 0.994. The standard InChI is InChI=1S/C12H14N4O8/c13-11(21)15-7(17)1-3-9(19)23-5-6-24-10(20)4-2-8(18)16-12(14)22/h1-4H,5-6H2,(H3,13,15,17,21)(H3,14,16,18,22)/b3-1-,4-2+. The Bertz CT molecular complexity index is 544. The van der Waals surface area contributed by atoms with Crippen molar-refractivity contribution in [1.82, 2.24) is 10.6 Å². The molecular weight excluding hydrogens is 328 g/mol. The third kappa shape index (κ3) is 12.1. The second-order valence-electron chi connectivity index (χ2n) is 3.71. The van der Waals surface area contributed by atoms with Crippen molar-refractivity contribution in [2.24, 2.45) is 11.5 Å². The first-order valence-corrected chi connectivity index (χ1v) is 6.11. The highest BCUT2D eigenvalue weighted by Gasteiger charge is 2.04. The van der Waals surface area contributed by atoms with Crippen molar-refractivity contribution in [3.05, 3.63) is 24.3 Å². The Hall–Kier alpha value is -3.70. The summed E-state index contributed by atoms with van der Waals surface area (Å²) in [7, 11) is 0. The molecule has 0 saturated carbocycles. The molecule has 12 heteroatoms. The van der Waals surface area contributed by atoms with Crippen LogP contribution in [0.15, 0.2) is 24.3 Å². The van der Waals surface area contributed by atoms with Crippen LogP contribution < -0.4 is 22.1 Å². The van der Waals surface area contributed by atoms with Crippen molar-refractivity contribution in [3.8, 4) is 0 Å². The fraction of sp³-hybridized carbons (Fsp3) is 0.167. The van der Waals surface area contributed by atoms with Crippen LogP contribution in [0, 0.1) is 0 Å². The first-order chi connectivity index (χ1) is 11.2. The van der Waals surface area contributed by atoms with Crippen molar-refractivity contribution in [3.63, 3.8) is 0 Å². The quantitative estimate of drug-likeness (QED) is 0.222. The topological polar surface area (TPSA) is 197 Å². The molecule has 0 aliphatic rings. The van der Waals surface area contributed by atoms with Gasteiger partial charge in [0.25, 0.3) is 11.8 Å². The zero-order valence-corrected chi connectivity index (χ0v) is 12.1. The summed E-state index contributed by atoms with van der Waals surface area (Å²) < 4.78 is 9.12. The third-order valence-electron chi connectivity index (χ3n) is 1.81. The van der Waals surface area contributed by atoms with Crippen molar-refractivity contribution in [2.75, 3.05) is 13.2 Å². The van der Waals surface area contributed by atoms with Crippen LogP contribution in [0.25, 0.3) is 0 Å². The normalized spacial score (nSPS) is 10.2. The number of carbonyl (C=O) groups is 6. The van der Waals surface area contributed by atoms with E-state index in [1.165, 1.54) is 0 Å². The van der Waals surface area contributed by atoms with Gasteiger partial charge in [-0.3, -0.25) is 20.2 Å². The van der Waals surface area contributed by atoms with Crippen LogP contribution >= 0.6 is 0 Å². The number of nitrogens with two attached hydrogens (primary N) is 2. The largest absolute Gasteiger partial charge is 0.459 e. The van der Waals surface area contributed by atoms with E-state index >= 15 is 0 Å². The smallest absolute Gasteiger partial charge is 0.331 e. The molecule has 0 aliphatic heterocycles. The molecule has 0 aromatic heterocycles. The molecule has 0 fully saturated rings. The maximum atomic E-state index is 11.1. The number of ether oxygens (including phenoxy) is 2. The lowest BCUT2D eigenvalue weighted by molar-refractivity contribution is -0.146. The molecule has 0 heterocycles. The lowest BCUT2D eigenvalue weighted by Gasteiger charge is -2.02. The minimum atomic E-state index is -1.08. The molecule has 24 heavy (non-hydrogen) atoms. The van der Waals surface area contributed by atoms with E-state index in [1.54, 1.807) is 10.6 Å². The van der Waals surface area contributed by atoms with Crippen LogP contribution in [-0.2, 0) is 28.7 Å². The number of carbonyl (C=O) groups excluding carboxylic acids is 6. The van der Waals surface area contributed by atoms with E-state index in [2.05, 4.69) is 20.9 Å². The summed E-state index contributed by atoms with van der Waals surface area (Å²) in [4.78, 5) is 64.8. The summed E-state index contributed by atoms with van der Waals surface area (Å²) in [5.74, 6) is -3.68. The number of hydrogen-bond acceptors (Lipinski definition) is 8. The first kappa shape index (κ1) is 20.3. The molecule has 0 atom stereocenters. The van der Waals surface area contributed by atoms with Gasteiger partial charge in [0.2, 0.25) is 0 Å². The van der Waals surface area contributed by atoms with Gasteiger partial charge in [0.1, 0.15) is 13.2 Å². The van der Waals surface area contributed by atoms with Gasteiger partial charge in [0, 0.05) is 24.3 Å². The fourth-order valence-electron chi connectivity index (χ4n) is 0.994. The highest BCUT2D eigenvalue weighted by Crippen LogP contribution is 1.87. The predicted octanol–water partition coefficient (Wildman–Crippen LogP) is -2.42. The van der Waals surface area contributed by atoms with Crippen LogP contribution in [-0.4, -0.2) is 49.0 Å². The molecular formula is C12H14N4O8. The number of nitrogens with one attached hydrogen (secondary N) is 2. The summed E-state index contributed by atoms with van der Waals surface area (Å²) in [6, 6.07) is -2.16. The number of esters is 2. The molecule has 0 unspecified atom stereocenters. The van der Waals surface area contributed by atoms with Crippen molar-refractivity contribution < 1.29 is 38.2 Å². The van der Waals surface area contributed by atoms with E-state index < -0.39 is 35.8 Å². The predicted molar refractivity (Wildman–Crippen MR) is 75.7 cm³/mol. The monoisotopic (exact) mass is 342 g/mol. The van der Waals surface area contributed by atoms with Crippen LogP contribution in [0.4, 0.5) is 9.59 Å². The van der Waals surface area contributed by atoms with E-state index in [1.807, 2.05) is 0 Å². The van der Waals surface area contributed by atoms with Gasteiger partial charge in [0.15, 0.2) is 0 Å². The second kappa shape index (κ2) is 10.9. The van der Waals surface area contributed by atoms with Gasteiger partial charge >= 0.3 is 24.0 Å². The zero-order valence-electron chi connectivity index (χ0n) is 12.1. The summed E-state index contributed by atoms with van der Waals surface area (Å²) in [5.41, 5.74) is 9.34. The SMILES string of the molecule is NC(=O)NC(=O)/C=C\C(=O)OCCOC(=O)/C=C/C(=O)NC(N)=O. The summed E-state index contributed by atoms with van der Waals surface area (Å²) in [5, 5.41) is 3.36. The molecule has 0 saturated heterocycles. The van der Waals surface area contributed by atoms with E-state index in [9.17, 15) is 28.8 Å². The van der Waals surface area contributed by atoms with E-state index in [-0.39, 0.29) is 13.2 Å². The molecule has 0 bridgehead atoms. The highest BCUT2D eigenvalue weighted by molar-refractivity contribution is 6.03. The summed E-state index contributed by atoms with van der Waals surface area (Å²) >= 11 is 0. The van der Waals surface area contributed by atoms with E-state index in [4.69, 9.17) is 0 Å². The van der Waals surface area contributed by atoms with Gasteiger partial charge in [-0.2, -0.15) is 0 Å². The number of urea groups is 2. The zero-order chi connectivity index (χ0) is 18.5. The van der Waals surface area contributed by atoms with Crippen molar-refractivity contribution >= 4 is 35.8 Å². The summed E-state index contributed by atoms with van der Waals surface area (Å²) in [6.07, 6.45) is 2.90. The number of amides is 6. The molecule has 6 amide bonds. The summed E-state index contributed by atoms with van der Waals surface area (Å²) in [6.45, 7) is -0.651. The van der Waals surface area contributed by atoms with Crippen LogP contribution in [0.5, 0.6) is 0 Å². The Morgan fingerprint density at radius 3 is 1.29 bits per heavy atom. The number of imide groups is 2. The number of rotatable bonds is 7. The van der Waals surface area contributed by atoms with E-state index in [0.717, 1.165) is 24.3 Å². The average molecular weight is 342 g/mol. The Balaban J connectivity index is 3.96. The van der Waals surface area contributed by atoms with Gasteiger partial charge < -0.3 is 20.9 Å². The maximum absolute atomic E-state index is 11.1. The Morgan fingerprint density at radius 2 is 1.00 bits per heavy atom. The third-order valence-corrected chi connectivity index (χ3v) is 1.81. The van der Waals surface area contributed by atoms with Crippen LogP contribution in [0.3, 0.4) is 0 Å². The molecule has 12 nitrogen and oxygen atoms in total. The molecule has 0 rings (SSSR count). The lowest BCUT2D eigenvalue weighted by atomic mass is 10.4. The molecule has 6 N–H and O–H groups in total. The molecule has 0 aliphatic carbocycles. The molecule has 0 radical (unpaired) electrons. The van der Waals surface area contributed by atoms with Crippen LogP contribution in [0.1, 0.15) is 0 Å². The highest BCUT2D eigenvalue weighted by atomic mass is 16.6. The van der Waals surface area contributed by atoms with Crippen molar-refractivity contribution in [2.45, 2.75) is 0 Å². The second-order valence-corrected chi connectivity index (χ2v) is 3.71. The Morgan fingerprint density at radius 1 is 0.667 bits per heavy atom. The minimum Gasteiger partial charge on any atom is -0.459 e. The lowest BCUT2D eigenvalue weighted by Crippen LogP contribution is -2.33. The first-order valence-electron chi connectivity index (χ1n) is 6.11. The van der Waals surface area contributed by atoms with Gasteiger partial charge in [-0.1, -0.05) is 0 Å². The number of hydrogen-bond donors (Lipinski definition) is 4. The average Bonchev–Trinajstić information content (AvgIpc) is 2.46. The minimum absolute atomic E-state index is 0.326. The van der Waals surface area contributed by atoms with Crippen LogP contribution in [0.2, 0.25) is 0 Å². The maximum Gasteiger partial charge on any atom is 0.331 e. The molecule has 0 spiro atoms. The molecule has 130 valence electrons. The van der Waals surface area contributed by atoms with E-state index in [0.29, 0.717) is 0 Å². The van der Waals surface area contributed by atoms with Crippen molar-refractivity contribution in [1.29, 1.82) is 0 Å². The molecule has 0 aromatic carbocycles. The van der Waals surface area contributed by atoms with Gasteiger partial charge in [-0.25, -0.2) is 19.2 Å². The Kier molecular flexibility index (Phi) is 9.26. The number of primary amides is 2. The molecule has 0 aromatic rings. The van der Waals surface area contributed by atoms with Gasteiger partial charge in [-0.05, 0) is 0 Å².